The predicted molar refractivity (Wildman–Crippen MR) is 92.6 cm³/mol. The third kappa shape index (κ3) is 12.1. The highest BCUT2D eigenvalue weighted by Gasteiger charge is 2.25. The molecule has 0 spiro atoms. The molecule has 0 N–H and O–H groups in total. The maximum absolute atomic E-state index is 12.1. The molecule has 0 aliphatic rings. The highest BCUT2D eigenvalue weighted by Crippen LogP contribution is 2.21. The number of hydrogen-bond acceptors (Lipinski definition) is 4. The van der Waals surface area contributed by atoms with E-state index >= 15 is 0 Å². The van der Waals surface area contributed by atoms with Crippen LogP contribution in [0.2, 0.25) is 0 Å². The van der Waals surface area contributed by atoms with Crippen LogP contribution in [0.3, 0.4) is 0 Å². The Balaban J connectivity index is 3.94. The van der Waals surface area contributed by atoms with Crippen molar-refractivity contribution in [2.45, 2.75) is 98.3 Å². The topological polar surface area (TPSA) is 52.6 Å². The molecule has 0 fully saturated rings. The Kier molecular flexibility index (Phi) is 13.9. The van der Waals surface area contributed by atoms with Crippen molar-refractivity contribution in [1.29, 1.82) is 0 Å². The first-order valence-electron chi connectivity index (χ1n) is 9.44. The quantitative estimate of drug-likeness (QED) is 0.251. The fraction of sp³-hybridized carbons (Fsp3) is 0.895. The third-order valence-corrected chi connectivity index (χ3v) is 4.18. The van der Waals surface area contributed by atoms with Crippen LogP contribution in [0.25, 0.3) is 0 Å². The zero-order valence-electron chi connectivity index (χ0n) is 15.6. The van der Waals surface area contributed by atoms with Gasteiger partial charge < -0.3 is 0 Å². The summed E-state index contributed by atoms with van der Waals surface area (Å²) in [5, 5.41) is 0. The SMILES string of the molecule is CCCCCCCC(=O)OOC(=O)C(CCCCCC)C(C)C. The van der Waals surface area contributed by atoms with Gasteiger partial charge in [-0.3, -0.25) is 0 Å². The van der Waals surface area contributed by atoms with Crippen LogP contribution >= 0.6 is 0 Å². The van der Waals surface area contributed by atoms with Gasteiger partial charge in [0.1, 0.15) is 0 Å². The van der Waals surface area contributed by atoms with Crippen molar-refractivity contribution in [1.82, 2.24) is 0 Å². The van der Waals surface area contributed by atoms with E-state index in [0.29, 0.717) is 6.42 Å². The smallest absolute Gasteiger partial charge is 0.247 e. The normalized spacial score (nSPS) is 12.2. The number of unbranched alkanes of at least 4 members (excludes halogenated alkanes) is 7. The van der Waals surface area contributed by atoms with Crippen LogP contribution in [0, 0.1) is 11.8 Å². The molecule has 0 aromatic carbocycles. The highest BCUT2D eigenvalue weighted by molar-refractivity contribution is 5.74. The molecular formula is C19H36O4. The van der Waals surface area contributed by atoms with Crippen molar-refractivity contribution in [3.8, 4) is 0 Å². The first-order chi connectivity index (χ1) is 11.0. The summed E-state index contributed by atoms with van der Waals surface area (Å²) in [5.74, 6) is -0.847. The number of hydrogen-bond donors (Lipinski definition) is 0. The maximum atomic E-state index is 12.1. The lowest BCUT2D eigenvalue weighted by Crippen LogP contribution is -2.24. The van der Waals surface area contributed by atoms with Crippen molar-refractivity contribution in [2.24, 2.45) is 11.8 Å². The summed E-state index contributed by atoms with van der Waals surface area (Å²) in [7, 11) is 0. The van der Waals surface area contributed by atoms with E-state index in [1.165, 1.54) is 25.7 Å². The predicted octanol–water partition coefficient (Wildman–Crippen LogP) is 5.59. The molecule has 0 radical (unpaired) electrons. The van der Waals surface area contributed by atoms with Gasteiger partial charge in [-0.05, 0) is 18.8 Å². The fourth-order valence-corrected chi connectivity index (χ4v) is 2.58. The van der Waals surface area contributed by atoms with Gasteiger partial charge in [0.15, 0.2) is 0 Å². The van der Waals surface area contributed by atoms with Crippen LogP contribution in [-0.4, -0.2) is 11.9 Å². The van der Waals surface area contributed by atoms with Gasteiger partial charge in [-0.15, -0.1) is 0 Å². The van der Waals surface area contributed by atoms with E-state index in [1.54, 1.807) is 0 Å². The first-order valence-corrected chi connectivity index (χ1v) is 9.44. The van der Waals surface area contributed by atoms with E-state index in [2.05, 4.69) is 18.7 Å². The van der Waals surface area contributed by atoms with E-state index < -0.39 is 11.9 Å². The van der Waals surface area contributed by atoms with E-state index in [4.69, 9.17) is 4.89 Å². The molecule has 0 bridgehead atoms. The van der Waals surface area contributed by atoms with Crippen molar-refractivity contribution in [2.75, 3.05) is 0 Å². The molecule has 0 heterocycles. The van der Waals surface area contributed by atoms with Gasteiger partial charge in [0.05, 0.1) is 12.3 Å². The lowest BCUT2D eigenvalue weighted by Gasteiger charge is -2.17. The highest BCUT2D eigenvalue weighted by atomic mass is 17.2. The summed E-state index contributed by atoms with van der Waals surface area (Å²) in [6.07, 6.45) is 10.9. The second-order valence-corrected chi connectivity index (χ2v) is 6.72. The lowest BCUT2D eigenvalue weighted by atomic mass is 9.90. The molecule has 0 aliphatic carbocycles. The van der Waals surface area contributed by atoms with Crippen molar-refractivity contribution < 1.29 is 19.4 Å². The summed E-state index contributed by atoms with van der Waals surface area (Å²) in [6, 6.07) is 0. The van der Waals surface area contributed by atoms with Crippen molar-refractivity contribution in [3.05, 3.63) is 0 Å². The number of rotatable bonds is 13. The van der Waals surface area contributed by atoms with Crippen LogP contribution in [0.1, 0.15) is 98.3 Å². The number of carbonyl (C=O) groups excluding carboxylic acids is 2. The summed E-state index contributed by atoms with van der Waals surface area (Å²) in [4.78, 5) is 33.1. The van der Waals surface area contributed by atoms with Gasteiger partial charge in [-0.2, -0.15) is 0 Å². The number of carbonyl (C=O) groups is 2. The zero-order chi connectivity index (χ0) is 17.5. The summed E-state index contributed by atoms with van der Waals surface area (Å²) in [6.45, 7) is 8.32. The fourth-order valence-electron chi connectivity index (χ4n) is 2.58. The van der Waals surface area contributed by atoms with Gasteiger partial charge in [-0.25, -0.2) is 19.4 Å². The van der Waals surface area contributed by atoms with E-state index in [0.717, 1.165) is 38.5 Å². The Bertz CT molecular complexity index is 312. The van der Waals surface area contributed by atoms with Crippen molar-refractivity contribution >= 4 is 11.9 Å². The molecule has 0 saturated carbocycles. The van der Waals surface area contributed by atoms with Gasteiger partial charge in [0.2, 0.25) is 0 Å². The molecule has 4 nitrogen and oxygen atoms in total. The Labute approximate surface area is 142 Å². The minimum absolute atomic E-state index is 0.191. The molecule has 0 rings (SSSR count). The Hall–Kier alpha value is -1.06. The minimum Gasteiger partial charge on any atom is -0.247 e. The standard InChI is InChI=1S/C19H36O4/c1-5-7-9-11-13-15-18(20)22-23-19(21)17(16(3)4)14-12-10-8-6-2/h16-17H,5-15H2,1-4H3. The van der Waals surface area contributed by atoms with Gasteiger partial charge in [0, 0.05) is 0 Å². The maximum Gasteiger partial charge on any atom is 0.358 e. The average molecular weight is 328 g/mol. The van der Waals surface area contributed by atoms with E-state index in [1.807, 2.05) is 13.8 Å². The molecule has 23 heavy (non-hydrogen) atoms. The lowest BCUT2D eigenvalue weighted by molar-refractivity contribution is -0.263. The second kappa shape index (κ2) is 14.5. The monoisotopic (exact) mass is 328 g/mol. The molecule has 0 amide bonds. The van der Waals surface area contributed by atoms with Gasteiger partial charge >= 0.3 is 11.9 Å². The van der Waals surface area contributed by atoms with Gasteiger partial charge in [-0.1, -0.05) is 79.1 Å². The van der Waals surface area contributed by atoms with Crippen LogP contribution in [-0.2, 0) is 19.4 Å². The van der Waals surface area contributed by atoms with Crippen LogP contribution < -0.4 is 0 Å². The Morgan fingerprint density at radius 2 is 1.35 bits per heavy atom. The minimum atomic E-state index is -0.441. The molecule has 1 atom stereocenters. The van der Waals surface area contributed by atoms with Crippen LogP contribution in [0.5, 0.6) is 0 Å². The molecule has 0 aromatic rings. The van der Waals surface area contributed by atoms with E-state index in [-0.39, 0.29) is 11.8 Å². The van der Waals surface area contributed by atoms with Gasteiger partial charge in [0.25, 0.3) is 0 Å². The Morgan fingerprint density at radius 3 is 1.91 bits per heavy atom. The molecule has 0 saturated heterocycles. The van der Waals surface area contributed by atoms with Crippen LogP contribution in [0.15, 0.2) is 0 Å². The second-order valence-electron chi connectivity index (χ2n) is 6.72. The Morgan fingerprint density at radius 1 is 0.783 bits per heavy atom. The first kappa shape index (κ1) is 21.9. The van der Waals surface area contributed by atoms with Crippen molar-refractivity contribution in [3.63, 3.8) is 0 Å². The third-order valence-electron chi connectivity index (χ3n) is 4.18. The molecule has 1 unspecified atom stereocenters. The largest absolute Gasteiger partial charge is 0.358 e. The molecule has 0 aromatic heterocycles. The van der Waals surface area contributed by atoms with E-state index in [9.17, 15) is 9.59 Å². The van der Waals surface area contributed by atoms with Crippen LogP contribution in [0.4, 0.5) is 0 Å². The molecule has 0 aliphatic heterocycles. The summed E-state index contributed by atoms with van der Waals surface area (Å²) >= 11 is 0. The molecular weight excluding hydrogens is 292 g/mol. The zero-order valence-corrected chi connectivity index (χ0v) is 15.6. The molecule has 136 valence electrons. The average Bonchev–Trinajstić information content (AvgIpc) is 2.52. The molecule has 4 heteroatoms. The summed E-state index contributed by atoms with van der Waals surface area (Å²) < 4.78 is 0. The summed E-state index contributed by atoms with van der Waals surface area (Å²) in [5.41, 5.74) is 0.